The Bertz CT molecular complexity index is 691. The molecule has 1 aromatic rings. The second kappa shape index (κ2) is 6.05. The van der Waals surface area contributed by atoms with Crippen LogP contribution in [0.4, 0.5) is 0 Å². The van der Waals surface area contributed by atoms with Gasteiger partial charge in [0.05, 0.1) is 5.57 Å². The molecule has 2 amide bonds. The van der Waals surface area contributed by atoms with Gasteiger partial charge in [-0.15, -0.1) is 11.8 Å². The van der Waals surface area contributed by atoms with Gasteiger partial charge in [0, 0.05) is 12.0 Å². The minimum atomic E-state index is -1.04. The van der Waals surface area contributed by atoms with E-state index in [0.717, 1.165) is 0 Å². The quantitative estimate of drug-likeness (QED) is 0.671. The Morgan fingerprint density at radius 2 is 2.04 bits per heavy atom. The molecule has 4 N–H and O–H groups in total. The molecule has 1 fully saturated rings. The molecular formula is C15H15N3O4S. The molecule has 120 valence electrons. The number of fused-ring (bicyclic) bond motifs is 1. The largest absolute Gasteiger partial charge is 0.478 e. The first-order valence-corrected chi connectivity index (χ1v) is 8.02. The van der Waals surface area contributed by atoms with Crippen molar-refractivity contribution in [3.63, 3.8) is 0 Å². The Morgan fingerprint density at radius 1 is 1.35 bits per heavy atom. The molecule has 0 aromatic heterocycles. The summed E-state index contributed by atoms with van der Waals surface area (Å²) >= 11 is 1.31. The van der Waals surface area contributed by atoms with Crippen molar-refractivity contribution in [3.8, 4) is 0 Å². The third kappa shape index (κ3) is 2.82. The molecule has 2 aliphatic rings. The van der Waals surface area contributed by atoms with Gasteiger partial charge in [0.15, 0.2) is 0 Å². The molecule has 2 aliphatic heterocycles. The Morgan fingerprint density at radius 3 is 2.70 bits per heavy atom. The normalized spacial score (nSPS) is 24.1. The fraction of sp³-hybridized carbons (Fsp3) is 0.267. The molecular weight excluding hydrogens is 318 g/mol. The lowest BCUT2D eigenvalue weighted by molar-refractivity contribution is -0.145. The van der Waals surface area contributed by atoms with E-state index < -0.39 is 24.0 Å². The van der Waals surface area contributed by atoms with E-state index in [2.05, 4.69) is 5.32 Å². The van der Waals surface area contributed by atoms with E-state index in [1.807, 2.05) is 6.07 Å². The molecule has 2 heterocycles. The molecule has 3 atom stereocenters. The first kappa shape index (κ1) is 15.6. The Balaban J connectivity index is 1.65. The Kier molecular flexibility index (Phi) is 4.10. The molecule has 1 aromatic carbocycles. The first-order valence-electron chi connectivity index (χ1n) is 6.97. The van der Waals surface area contributed by atoms with Crippen molar-refractivity contribution < 1.29 is 19.5 Å². The summed E-state index contributed by atoms with van der Waals surface area (Å²) < 4.78 is 0. The molecule has 0 spiro atoms. The number of nitrogens with one attached hydrogen (secondary N) is 1. The maximum absolute atomic E-state index is 12.2. The number of nitrogens with two attached hydrogens (primary N) is 1. The van der Waals surface area contributed by atoms with Gasteiger partial charge in [-0.2, -0.15) is 0 Å². The van der Waals surface area contributed by atoms with Gasteiger partial charge < -0.3 is 21.1 Å². The van der Waals surface area contributed by atoms with Crippen molar-refractivity contribution in [3.05, 3.63) is 47.7 Å². The summed E-state index contributed by atoms with van der Waals surface area (Å²) in [7, 11) is 0. The second-order valence-corrected chi connectivity index (χ2v) is 6.39. The van der Waals surface area contributed by atoms with E-state index in [4.69, 9.17) is 10.8 Å². The van der Waals surface area contributed by atoms with E-state index in [-0.39, 0.29) is 16.9 Å². The van der Waals surface area contributed by atoms with Crippen LogP contribution in [0.1, 0.15) is 11.6 Å². The highest BCUT2D eigenvalue weighted by atomic mass is 32.2. The molecule has 7 nitrogen and oxygen atoms in total. The minimum Gasteiger partial charge on any atom is -0.478 e. The zero-order chi connectivity index (χ0) is 16.6. The summed E-state index contributed by atoms with van der Waals surface area (Å²) in [6.45, 7) is 0. The van der Waals surface area contributed by atoms with Gasteiger partial charge in [-0.3, -0.25) is 9.59 Å². The average molecular weight is 333 g/mol. The number of thioether (sulfide) groups is 1. The van der Waals surface area contributed by atoms with E-state index in [1.54, 1.807) is 24.3 Å². The first-order chi connectivity index (χ1) is 11.0. The fourth-order valence-electron chi connectivity index (χ4n) is 2.49. The topological polar surface area (TPSA) is 113 Å². The highest BCUT2D eigenvalue weighted by molar-refractivity contribution is 8.00. The van der Waals surface area contributed by atoms with E-state index in [1.165, 1.54) is 22.9 Å². The summed E-state index contributed by atoms with van der Waals surface area (Å²) in [5, 5.41) is 11.3. The van der Waals surface area contributed by atoms with Crippen LogP contribution in [-0.4, -0.2) is 45.0 Å². The predicted octanol–water partition coefficient (Wildman–Crippen LogP) is 0.0548. The van der Waals surface area contributed by atoms with Crippen LogP contribution in [0.15, 0.2) is 42.1 Å². The monoisotopic (exact) mass is 333 g/mol. The Labute approximate surface area is 136 Å². The number of carbonyl (C=O) groups is 3. The second-order valence-electron chi connectivity index (χ2n) is 5.28. The van der Waals surface area contributed by atoms with Crippen molar-refractivity contribution in [2.75, 3.05) is 5.75 Å². The lowest BCUT2D eigenvalue weighted by Gasteiger charge is -2.47. The molecule has 0 bridgehead atoms. The van der Waals surface area contributed by atoms with E-state index >= 15 is 0 Å². The highest BCUT2D eigenvalue weighted by Gasteiger charge is 2.50. The van der Waals surface area contributed by atoms with Crippen molar-refractivity contribution in [1.29, 1.82) is 0 Å². The number of carboxylic acid groups (broad SMARTS) is 1. The van der Waals surface area contributed by atoms with Crippen LogP contribution >= 0.6 is 11.8 Å². The number of amides is 2. The fourth-order valence-corrected chi connectivity index (χ4v) is 3.74. The summed E-state index contributed by atoms with van der Waals surface area (Å²) in [6, 6.07) is 7.37. The van der Waals surface area contributed by atoms with Crippen LogP contribution in [-0.2, 0) is 14.4 Å². The number of nitrogens with zero attached hydrogens (tertiary/aromatic N) is 1. The maximum atomic E-state index is 12.2. The molecule has 8 heteroatoms. The molecule has 0 radical (unpaired) electrons. The predicted molar refractivity (Wildman–Crippen MR) is 84.1 cm³/mol. The van der Waals surface area contributed by atoms with Crippen molar-refractivity contribution in [2.45, 2.75) is 17.5 Å². The van der Waals surface area contributed by atoms with Gasteiger partial charge in [0.2, 0.25) is 5.91 Å². The molecule has 3 rings (SSSR count). The smallest absolute Gasteiger partial charge is 0.333 e. The van der Waals surface area contributed by atoms with Crippen molar-refractivity contribution >= 4 is 29.5 Å². The van der Waals surface area contributed by atoms with Crippen molar-refractivity contribution in [1.82, 2.24) is 10.2 Å². The van der Waals surface area contributed by atoms with Crippen LogP contribution in [0.25, 0.3) is 0 Å². The van der Waals surface area contributed by atoms with Crippen LogP contribution in [0.5, 0.6) is 0 Å². The standard InChI is InChI=1S/C15H15N3O4S/c16-10(8-4-2-1-3-5-8)12(19)17-11-13(20)18-6-9(15(21)22)7-23-14(11)18/h1-6,10-11,14H,7,16H2,(H,17,19)(H,21,22)/t10?,11?,14-/m1/s1. The number of β-lactam (4-membered cyclic amide) rings is 1. The van der Waals surface area contributed by atoms with Crippen LogP contribution in [0.2, 0.25) is 0 Å². The number of rotatable bonds is 4. The van der Waals surface area contributed by atoms with Gasteiger partial charge >= 0.3 is 5.97 Å². The maximum Gasteiger partial charge on any atom is 0.333 e. The lowest BCUT2D eigenvalue weighted by atomic mass is 10.0. The zero-order valence-electron chi connectivity index (χ0n) is 12.0. The van der Waals surface area contributed by atoms with Gasteiger partial charge in [-0.25, -0.2) is 4.79 Å². The van der Waals surface area contributed by atoms with Gasteiger partial charge in [-0.1, -0.05) is 30.3 Å². The number of carboxylic acids is 1. The Hall–Kier alpha value is -2.32. The van der Waals surface area contributed by atoms with Gasteiger partial charge in [0.1, 0.15) is 17.5 Å². The van der Waals surface area contributed by atoms with E-state index in [0.29, 0.717) is 11.3 Å². The number of aliphatic carboxylic acids is 1. The van der Waals surface area contributed by atoms with Gasteiger partial charge in [-0.05, 0) is 5.56 Å². The minimum absolute atomic E-state index is 0.172. The van der Waals surface area contributed by atoms with Crippen LogP contribution in [0.3, 0.4) is 0 Å². The summed E-state index contributed by atoms with van der Waals surface area (Å²) in [5.41, 5.74) is 6.74. The molecule has 2 unspecified atom stereocenters. The third-order valence-electron chi connectivity index (χ3n) is 3.80. The molecule has 1 saturated heterocycles. The molecule has 0 saturated carbocycles. The number of hydrogen-bond donors (Lipinski definition) is 3. The summed E-state index contributed by atoms with van der Waals surface area (Å²) in [6.07, 6.45) is 1.34. The number of hydrogen-bond acceptors (Lipinski definition) is 5. The van der Waals surface area contributed by atoms with Crippen LogP contribution < -0.4 is 11.1 Å². The zero-order valence-corrected chi connectivity index (χ0v) is 12.8. The molecule has 0 aliphatic carbocycles. The highest BCUT2D eigenvalue weighted by Crippen LogP contribution is 2.36. The van der Waals surface area contributed by atoms with E-state index in [9.17, 15) is 14.4 Å². The van der Waals surface area contributed by atoms with Crippen molar-refractivity contribution in [2.24, 2.45) is 5.73 Å². The third-order valence-corrected chi connectivity index (χ3v) is 5.12. The summed E-state index contributed by atoms with van der Waals surface area (Å²) in [4.78, 5) is 36.6. The summed E-state index contributed by atoms with van der Waals surface area (Å²) in [5.74, 6) is -1.50. The SMILES string of the molecule is NC(C(=O)NC1C(=O)N2C=C(C(=O)O)CS[C@H]12)c1ccccc1. The molecule has 23 heavy (non-hydrogen) atoms. The number of benzene rings is 1. The lowest BCUT2D eigenvalue weighted by Crippen LogP contribution is -2.69. The number of carbonyl (C=O) groups excluding carboxylic acids is 2. The van der Waals surface area contributed by atoms with Crippen LogP contribution in [0, 0.1) is 0 Å². The van der Waals surface area contributed by atoms with Gasteiger partial charge in [0.25, 0.3) is 5.91 Å². The average Bonchev–Trinajstić information content (AvgIpc) is 2.58.